The SMILES string of the molecule is CCNC(=NCc1ccc(Cl)cc1Cl)NCCS(=O)(=O)CC. The molecule has 0 saturated heterocycles. The molecule has 8 heteroatoms. The molecule has 124 valence electrons. The fraction of sp³-hybridized carbons (Fsp3) is 0.500. The lowest BCUT2D eigenvalue weighted by Gasteiger charge is -2.11. The second-order valence-electron chi connectivity index (χ2n) is 4.59. The summed E-state index contributed by atoms with van der Waals surface area (Å²) in [5, 5.41) is 7.20. The fourth-order valence-electron chi connectivity index (χ4n) is 1.63. The Kier molecular flexibility index (Phi) is 8.00. The molecular formula is C14H21Cl2N3O2S. The van der Waals surface area contributed by atoms with Crippen LogP contribution in [0.3, 0.4) is 0 Å². The Hall–Kier alpha value is -0.980. The number of halogens is 2. The Morgan fingerprint density at radius 3 is 2.55 bits per heavy atom. The number of sulfone groups is 1. The first kappa shape index (κ1) is 19.1. The van der Waals surface area contributed by atoms with Crippen molar-refractivity contribution in [2.24, 2.45) is 4.99 Å². The molecule has 0 aliphatic rings. The Bertz CT molecular complexity index is 619. The van der Waals surface area contributed by atoms with E-state index in [9.17, 15) is 8.42 Å². The van der Waals surface area contributed by atoms with Gasteiger partial charge < -0.3 is 10.6 Å². The van der Waals surface area contributed by atoms with E-state index in [-0.39, 0.29) is 11.5 Å². The summed E-state index contributed by atoms with van der Waals surface area (Å²) in [6, 6.07) is 5.24. The van der Waals surface area contributed by atoms with E-state index >= 15 is 0 Å². The molecule has 0 unspecified atom stereocenters. The van der Waals surface area contributed by atoms with Crippen LogP contribution in [0.25, 0.3) is 0 Å². The molecule has 1 rings (SSSR count). The predicted octanol–water partition coefficient (Wildman–Crippen LogP) is 2.48. The van der Waals surface area contributed by atoms with Crippen molar-refractivity contribution < 1.29 is 8.42 Å². The van der Waals surface area contributed by atoms with E-state index in [1.165, 1.54) is 0 Å². The van der Waals surface area contributed by atoms with E-state index in [1.807, 2.05) is 13.0 Å². The van der Waals surface area contributed by atoms with Crippen molar-refractivity contribution in [3.8, 4) is 0 Å². The van der Waals surface area contributed by atoms with Crippen LogP contribution in [0.1, 0.15) is 19.4 Å². The molecule has 0 amide bonds. The first-order chi connectivity index (χ1) is 10.4. The first-order valence-corrected chi connectivity index (χ1v) is 9.62. The van der Waals surface area contributed by atoms with Crippen molar-refractivity contribution in [3.05, 3.63) is 33.8 Å². The van der Waals surface area contributed by atoms with Crippen molar-refractivity contribution in [1.29, 1.82) is 0 Å². The van der Waals surface area contributed by atoms with Gasteiger partial charge in [0.15, 0.2) is 15.8 Å². The molecule has 0 aliphatic heterocycles. The number of rotatable bonds is 7. The number of aliphatic imine (C=N–C) groups is 1. The quantitative estimate of drug-likeness (QED) is 0.575. The summed E-state index contributed by atoms with van der Waals surface area (Å²) in [5.41, 5.74) is 0.851. The van der Waals surface area contributed by atoms with Gasteiger partial charge in [-0.25, -0.2) is 13.4 Å². The third kappa shape index (κ3) is 6.85. The highest BCUT2D eigenvalue weighted by Crippen LogP contribution is 2.21. The molecule has 0 aliphatic carbocycles. The Labute approximate surface area is 142 Å². The normalized spacial score (nSPS) is 12.3. The highest BCUT2D eigenvalue weighted by Gasteiger charge is 2.07. The van der Waals surface area contributed by atoms with E-state index in [2.05, 4.69) is 15.6 Å². The number of nitrogens with zero attached hydrogens (tertiary/aromatic N) is 1. The molecule has 0 saturated carbocycles. The molecule has 1 aromatic rings. The fourth-order valence-corrected chi connectivity index (χ4v) is 2.80. The molecule has 0 atom stereocenters. The van der Waals surface area contributed by atoms with Crippen molar-refractivity contribution in [2.75, 3.05) is 24.6 Å². The Balaban J connectivity index is 2.65. The van der Waals surface area contributed by atoms with Crippen LogP contribution in [0, 0.1) is 0 Å². The largest absolute Gasteiger partial charge is 0.357 e. The third-order valence-electron chi connectivity index (χ3n) is 2.91. The zero-order valence-corrected chi connectivity index (χ0v) is 15.0. The Morgan fingerprint density at radius 1 is 1.23 bits per heavy atom. The smallest absolute Gasteiger partial charge is 0.191 e. The van der Waals surface area contributed by atoms with Gasteiger partial charge in [0.2, 0.25) is 0 Å². The summed E-state index contributed by atoms with van der Waals surface area (Å²) in [4.78, 5) is 4.39. The lowest BCUT2D eigenvalue weighted by Crippen LogP contribution is -2.39. The van der Waals surface area contributed by atoms with E-state index in [0.717, 1.165) is 5.56 Å². The van der Waals surface area contributed by atoms with E-state index in [1.54, 1.807) is 19.1 Å². The van der Waals surface area contributed by atoms with Crippen molar-refractivity contribution in [1.82, 2.24) is 10.6 Å². The summed E-state index contributed by atoms with van der Waals surface area (Å²) in [7, 11) is -2.99. The number of hydrogen-bond donors (Lipinski definition) is 2. The lowest BCUT2D eigenvalue weighted by molar-refractivity contribution is 0.595. The highest BCUT2D eigenvalue weighted by molar-refractivity contribution is 7.91. The molecule has 2 N–H and O–H groups in total. The average molecular weight is 366 g/mol. The van der Waals surface area contributed by atoms with Crippen LogP contribution < -0.4 is 10.6 Å². The van der Waals surface area contributed by atoms with Gasteiger partial charge in [-0.1, -0.05) is 36.2 Å². The van der Waals surface area contributed by atoms with Crippen LogP contribution >= 0.6 is 23.2 Å². The van der Waals surface area contributed by atoms with Crippen LogP contribution in [0.15, 0.2) is 23.2 Å². The van der Waals surface area contributed by atoms with Crippen molar-refractivity contribution >= 4 is 39.0 Å². The van der Waals surface area contributed by atoms with Crippen LogP contribution in [0.4, 0.5) is 0 Å². The summed E-state index contributed by atoms with van der Waals surface area (Å²) in [6.45, 7) is 4.95. The number of benzene rings is 1. The Morgan fingerprint density at radius 2 is 1.95 bits per heavy atom. The van der Waals surface area contributed by atoms with Gasteiger partial charge in [0.25, 0.3) is 0 Å². The summed E-state index contributed by atoms with van der Waals surface area (Å²) >= 11 is 12.0. The average Bonchev–Trinajstić information content (AvgIpc) is 2.46. The maximum Gasteiger partial charge on any atom is 0.191 e. The molecule has 5 nitrogen and oxygen atoms in total. The minimum atomic E-state index is -2.99. The zero-order chi connectivity index (χ0) is 16.6. The maximum atomic E-state index is 11.5. The van der Waals surface area contributed by atoms with E-state index in [0.29, 0.717) is 35.6 Å². The minimum absolute atomic E-state index is 0.0790. The molecule has 0 heterocycles. The molecule has 0 radical (unpaired) electrons. The molecule has 0 spiro atoms. The zero-order valence-electron chi connectivity index (χ0n) is 12.7. The number of nitrogens with one attached hydrogen (secondary N) is 2. The minimum Gasteiger partial charge on any atom is -0.357 e. The molecule has 0 aromatic heterocycles. The summed E-state index contributed by atoms with van der Waals surface area (Å²) < 4.78 is 22.9. The standard InChI is InChI=1S/C14H21Cl2N3O2S/c1-3-17-14(18-7-8-22(20,21)4-2)19-10-11-5-6-12(15)9-13(11)16/h5-6,9H,3-4,7-8,10H2,1-2H3,(H2,17,18,19). The second-order valence-corrected chi connectivity index (χ2v) is 7.91. The van der Waals surface area contributed by atoms with Gasteiger partial charge >= 0.3 is 0 Å². The second kappa shape index (κ2) is 9.22. The van der Waals surface area contributed by atoms with Crippen LogP contribution in [0.5, 0.6) is 0 Å². The number of guanidine groups is 1. The van der Waals surface area contributed by atoms with Gasteiger partial charge in [-0.15, -0.1) is 0 Å². The predicted molar refractivity (Wildman–Crippen MR) is 93.6 cm³/mol. The van der Waals surface area contributed by atoms with Crippen LogP contribution in [-0.4, -0.2) is 39.0 Å². The van der Waals surface area contributed by atoms with Crippen molar-refractivity contribution in [3.63, 3.8) is 0 Å². The maximum absolute atomic E-state index is 11.5. The number of hydrogen-bond acceptors (Lipinski definition) is 3. The first-order valence-electron chi connectivity index (χ1n) is 7.04. The van der Waals surface area contributed by atoms with E-state index in [4.69, 9.17) is 23.2 Å². The summed E-state index contributed by atoms with van der Waals surface area (Å²) in [5.74, 6) is 0.776. The van der Waals surface area contributed by atoms with Gasteiger partial charge in [-0.2, -0.15) is 0 Å². The molecule has 0 bridgehead atoms. The molecule has 22 heavy (non-hydrogen) atoms. The van der Waals surface area contributed by atoms with Gasteiger partial charge in [0, 0.05) is 28.9 Å². The van der Waals surface area contributed by atoms with Gasteiger partial charge in [0.1, 0.15) is 0 Å². The summed E-state index contributed by atoms with van der Waals surface area (Å²) in [6.07, 6.45) is 0. The van der Waals surface area contributed by atoms with Gasteiger partial charge in [0.05, 0.1) is 12.3 Å². The molecule has 0 fully saturated rings. The lowest BCUT2D eigenvalue weighted by atomic mass is 10.2. The molecular weight excluding hydrogens is 345 g/mol. The van der Waals surface area contributed by atoms with Gasteiger partial charge in [-0.05, 0) is 24.6 Å². The monoisotopic (exact) mass is 365 g/mol. The third-order valence-corrected chi connectivity index (χ3v) is 5.20. The van der Waals surface area contributed by atoms with Gasteiger partial charge in [-0.3, -0.25) is 0 Å². The highest BCUT2D eigenvalue weighted by atomic mass is 35.5. The van der Waals surface area contributed by atoms with Crippen LogP contribution in [0.2, 0.25) is 10.0 Å². The van der Waals surface area contributed by atoms with Crippen LogP contribution in [-0.2, 0) is 16.4 Å². The van der Waals surface area contributed by atoms with Crippen molar-refractivity contribution in [2.45, 2.75) is 20.4 Å². The molecule has 1 aromatic carbocycles. The topological polar surface area (TPSA) is 70.6 Å². The van der Waals surface area contributed by atoms with E-state index < -0.39 is 9.84 Å².